The third-order valence-corrected chi connectivity index (χ3v) is 5.21. The predicted molar refractivity (Wildman–Crippen MR) is 97.7 cm³/mol. The van der Waals surface area contributed by atoms with Crippen molar-refractivity contribution in [1.82, 2.24) is 10.2 Å². The lowest BCUT2D eigenvalue weighted by Gasteiger charge is -2.32. The standard InChI is InChI=1S/C20H30N2O3/c1-15(2)25-11-6-10-21-20(23)22-13-17(16-7-4-3-5-8-16)18-14-24-12-9-19(18)22/h3-5,7-8,15,17-19H,6,9-14H2,1-2H3,(H,21,23). The minimum Gasteiger partial charge on any atom is -0.381 e. The fourth-order valence-corrected chi connectivity index (χ4v) is 3.98. The Hall–Kier alpha value is -1.59. The van der Waals surface area contributed by atoms with Gasteiger partial charge in [-0.25, -0.2) is 4.79 Å². The van der Waals surface area contributed by atoms with Crippen molar-refractivity contribution in [1.29, 1.82) is 0 Å². The molecule has 5 nitrogen and oxygen atoms in total. The lowest BCUT2D eigenvalue weighted by Crippen LogP contribution is -2.46. The van der Waals surface area contributed by atoms with E-state index in [-0.39, 0.29) is 18.2 Å². The molecule has 25 heavy (non-hydrogen) atoms. The van der Waals surface area contributed by atoms with Gasteiger partial charge in [-0.05, 0) is 32.3 Å². The first-order valence-electron chi connectivity index (χ1n) is 9.45. The summed E-state index contributed by atoms with van der Waals surface area (Å²) in [6.07, 6.45) is 2.01. The van der Waals surface area contributed by atoms with Crippen molar-refractivity contribution in [3.05, 3.63) is 35.9 Å². The smallest absolute Gasteiger partial charge is 0.317 e. The van der Waals surface area contributed by atoms with Crippen LogP contribution in [0.1, 0.15) is 38.2 Å². The molecule has 0 aromatic heterocycles. The highest BCUT2D eigenvalue weighted by molar-refractivity contribution is 5.75. The number of benzene rings is 1. The topological polar surface area (TPSA) is 50.8 Å². The van der Waals surface area contributed by atoms with Gasteiger partial charge < -0.3 is 19.7 Å². The second kappa shape index (κ2) is 8.68. The zero-order chi connectivity index (χ0) is 17.6. The largest absolute Gasteiger partial charge is 0.381 e. The van der Waals surface area contributed by atoms with Crippen LogP contribution in [0.4, 0.5) is 4.79 Å². The lowest BCUT2D eigenvalue weighted by molar-refractivity contribution is 0.0261. The lowest BCUT2D eigenvalue weighted by atomic mass is 9.84. The highest BCUT2D eigenvalue weighted by Crippen LogP contribution is 2.40. The molecule has 2 heterocycles. The minimum absolute atomic E-state index is 0.0554. The number of hydrogen-bond donors (Lipinski definition) is 1. The molecule has 0 radical (unpaired) electrons. The normalized spacial score (nSPS) is 25.9. The average Bonchev–Trinajstić information content (AvgIpc) is 3.01. The van der Waals surface area contributed by atoms with Gasteiger partial charge in [0.05, 0.1) is 12.7 Å². The highest BCUT2D eigenvalue weighted by atomic mass is 16.5. The summed E-state index contributed by atoms with van der Waals surface area (Å²) < 4.78 is 11.3. The van der Waals surface area contributed by atoms with Crippen molar-refractivity contribution in [2.75, 3.05) is 32.9 Å². The fourth-order valence-electron chi connectivity index (χ4n) is 3.98. The van der Waals surface area contributed by atoms with Gasteiger partial charge in [-0.2, -0.15) is 0 Å². The van der Waals surface area contributed by atoms with E-state index in [4.69, 9.17) is 9.47 Å². The van der Waals surface area contributed by atoms with E-state index in [0.717, 1.165) is 32.6 Å². The molecule has 0 spiro atoms. The number of fused-ring (bicyclic) bond motifs is 1. The van der Waals surface area contributed by atoms with Crippen molar-refractivity contribution in [3.8, 4) is 0 Å². The average molecular weight is 346 g/mol. The van der Waals surface area contributed by atoms with Gasteiger partial charge in [-0.1, -0.05) is 30.3 Å². The van der Waals surface area contributed by atoms with E-state index in [1.807, 2.05) is 24.8 Å². The number of amides is 2. The maximum atomic E-state index is 12.7. The molecule has 1 aromatic rings. The molecule has 3 rings (SSSR count). The molecule has 3 atom stereocenters. The monoisotopic (exact) mass is 346 g/mol. The van der Waals surface area contributed by atoms with Crippen LogP contribution in [-0.2, 0) is 9.47 Å². The van der Waals surface area contributed by atoms with Gasteiger partial charge in [0.2, 0.25) is 0 Å². The molecule has 1 N–H and O–H groups in total. The SMILES string of the molecule is CC(C)OCCCNC(=O)N1CC(c2ccccc2)C2COCCC21. The number of ether oxygens (including phenoxy) is 2. The van der Waals surface area contributed by atoms with Gasteiger partial charge in [0.1, 0.15) is 0 Å². The number of rotatable bonds is 6. The number of nitrogens with zero attached hydrogens (tertiary/aromatic N) is 1. The van der Waals surface area contributed by atoms with Crippen molar-refractivity contribution < 1.29 is 14.3 Å². The van der Waals surface area contributed by atoms with Gasteiger partial charge in [-0.15, -0.1) is 0 Å². The molecule has 2 saturated heterocycles. The van der Waals surface area contributed by atoms with Crippen LogP contribution in [-0.4, -0.2) is 56.0 Å². The number of carbonyl (C=O) groups is 1. The minimum atomic E-state index is 0.0554. The van der Waals surface area contributed by atoms with Crippen molar-refractivity contribution in [2.24, 2.45) is 5.92 Å². The van der Waals surface area contributed by atoms with Crippen LogP contribution in [0.5, 0.6) is 0 Å². The third-order valence-electron chi connectivity index (χ3n) is 5.21. The fraction of sp³-hybridized carbons (Fsp3) is 0.650. The Morgan fingerprint density at radius 3 is 2.92 bits per heavy atom. The van der Waals surface area contributed by atoms with E-state index < -0.39 is 0 Å². The van der Waals surface area contributed by atoms with Gasteiger partial charge in [0, 0.05) is 44.2 Å². The summed E-state index contributed by atoms with van der Waals surface area (Å²) in [5.41, 5.74) is 1.31. The predicted octanol–water partition coefficient (Wildman–Crippen LogP) is 3.02. The molecule has 0 aliphatic carbocycles. The van der Waals surface area contributed by atoms with E-state index in [1.54, 1.807) is 0 Å². The van der Waals surface area contributed by atoms with Crippen LogP contribution in [0, 0.1) is 5.92 Å². The van der Waals surface area contributed by atoms with Crippen LogP contribution in [0.3, 0.4) is 0 Å². The summed E-state index contributed by atoms with van der Waals surface area (Å²) in [7, 11) is 0. The zero-order valence-electron chi connectivity index (χ0n) is 15.3. The van der Waals surface area contributed by atoms with Crippen molar-refractivity contribution in [2.45, 2.75) is 44.8 Å². The molecule has 3 unspecified atom stereocenters. The van der Waals surface area contributed by atoms with E-state index in [9.17, 15) is 4.79 Å². The van der Waals surface area contributed by atoms with Crippen LogP contribution in [0.25, 0.3) is 0 Å². The van der Waals surface area contributed by atoms with Crippen molar-refractivity contribution >= 4 is 6.03 Å². The maximum absolute atomic E-state index is 12.7. The Labute approximate surface area is 150 Å². The number of urea groups is 1. The Morgan fingerprint density at radius 1 is 1.36 bits per heavy atom. The second-order valence-corrected chi connectivity index (χ2v) is 7.27. The van der Waals surface area contributed by atoms with Crippen molar-refractivity contribution in [3.63, 3.8) is 0 Å². The molecular weight excluding hydrogens is 316 g/mol. The summed E-state index contributed by atoms with van der Waals surface area (Å²) in [4.78, 5) is 14.7. The Kier molecular flexibility index (Phi) is 6.32. The summed E-state index contributed by atoms with van der Waals surface area (Å²) >= 11 is 0. The van der Waals surface area contributed by atoms with E-state index >= 15 is 0 Å². The Morgan fingerprint density at radius 2 is 2.16 bits per heavy atom. The summed E-state index contributed by atoms with van der Waals surface area (Å²) in [5.74, 6) is 0.757. The van der Waals surface area contributed by atoms with E-state index in [0.29, 0.717) is 25.0 Å². The number of hydrogen-bond acceptors (Lipinski definition) is 3. The number of carbonyl (C=O) groups excluding carboxylic acids is 1. The highest BCUT2D eigenvalue weighted by Gasteiger charge is 2.45. The molecule has 5 heteroatoms. The molecule has 2 fully saturated rings. The molecule has 2 aliphatic rings. The number of likely N-dealkylation sites (tertiary alicyclic amines) is 1. The Bertz CT molecular complexity index is 549. The molecule has 0 saturated carbocycles. The first-order chi connectivity index (χ1) is 12.2. The second-order valence-electron chi connectivity index (χ2n) is 7.27. The first-order valence-corrected chi connectivity index (χ1v) is 9.45. The number of nitrogens with one attached hydrogen (secondary N) is 1. The summed E-state index contributed by atoms with van der Waals surface area (Å²) in [5, 5.41) is 3.07. The van der Waals surface area contributed by atoms with Gasteiger partial charge in [0.25, 0.3) is 0 Å². The van der Waals surface area contributed by atoms with Gasteiger partial charge >= 0.3 is 6.03 Å². The molecule has 2 aliphatic heterocycles. The Balaban J connectivity index is 1.58. The summed E-state index contributed by atoms with van der Waals surface area (Å²) in [6.45, 7) is 7.66. The van der Waals surface area contributed by atoms with E-state index in [2.05, 4.69) is 29.6 Å². The van der Waals surface area contributed by atoms with Crippen LogP contribution < -0.4 is 5.32 Å². The zero-order valence-corrected chi connectivity index (χ0v) is 15.3. The molecule has 2 amide bonds. The van der Waals surface area contributed by atoms with Gasteiger partial charge in [-0.3, -0.25) is 0 Å². The maximum Gasteiger partial charge on any atom is 0.317 e. The summed E-state index contributed by atoms with van der Waals surface area (Å²) in [6, 6.07) is 10.9. The van der Waals surface area contributed by atoms with Crippen LogP contribution in [0.15, 0.2) is 30.3 Å². The van der Waals surface area contributed by atoms with Crippen LogP contribution >= 0.6 is 0 Å². The molecular formula is C20H30N2O3. The van der Waals surface area contributed by atoms with Gasteiger partial charge in [0.15, 0.2) is 0 Å². The first kappa shape index (κ1) is 18.2. The molecule has 1 aromatic carbocycles. The third kappa shape index (κ3) is 4.53. The van der Waals surface area contributed by atoms with E-state index in [1.165, 1.54) is 5.56 Å². The molecule has 138 valence electrons. The quantitative estimate of drug-likeness (QED) is 0.806. The molecule has 0 bridgehead atoms. The van der Waals surface area contributed by atoms with Crippen LogP contribution in [0.2, 0.25) is 0 Å².